The number of amides is 1. The molecule has 3 aliphatic rings. The van der Waals surface area contributed by atoms with Gasteiger partial charge < -0.3 is 9.80 Å². The minimum atomic E-state index is 0.212. The maximum absolute atomic E-state index is 13.0. The van der Waals surface area contributed by atoms with Crippen LogP contribution in [0.3, 0.4) is 0 Å². The zero-order valence-electron chi connectivity index (χ0n) is 20.0. The van der Waals surface area contributed by atoms with Crippen molar-refractivity contribution in [2.45, 2.75) is 61.6 Å². The summed E-state index contributed by atoms with van der Waals surface area (Å²) in [5.41, 5.74) is 2.31. The van der Waals surface area contributed by atoms with E-state index in [1.54, 1.807) is 11.8 Å². The van der Waals surface area contributed by atoms with Gasteiger partial charge >= 0.3 is 0 Å². The smallest absolute Gasteiger partial charge is 0.225 e. The van der Waals surface area contributed by atoms with Crippen LogP contribution < -0.4 is 4.90 Å². The average molecular weight is 500 g/mol. The topological polar surface area (TPSA) is 52.6 Å². The number of nitrogens with zero attached hydrogens (tertiary/aromatic N) is 5. The second-order valence-electron chi connectivity index (χ2n) is 9.72. The normalized spacial score (nSPS) is 20.4. The van der Waals surface area contributed by atoms with Crippen LogP contribution in [0.15, 0.2) is 35.4 Å². The lowest BCUT2D eigenvalue weighted by Crippen LogP contribution is -2.52. The Morgan fingerprint density at radius 1 is 1.09 bits per heavy atom. The number of hydrogen-bond acceptors (Lipinski definition) is 6. The molecule has 1 aromatic carbocycles. The fraction of sp³-hybridized carbons (Fsp3) is 0.577. The number of halogens is 1. The lowest BCUT2D eigenvalue weighted by molar-refractivity contribution is -0.131. The van der Waals surface area contributed by atoms with E-state index in [-0.39, 0.29) is 11.2 Å². The van der Waals surface area contributed by atoms with Crippen LogP contribution in [-0.4, -0.2) is 76.2 Å². The summed E-state index contributed by atoms with van der Waals surface area (Å²) in [4.78, 5) is 30.8. The lowest BCUT2D eigenvalue weighted by Gasteiger charge is -2.43. The van der Waals surface area contributed by atoms with Crippen LogP contribution in [0.4, 0.5) is 5.95 Å². The van der Waals surface area contributed by atoms with E-state index in [2.05, 4.69) is 16.7 Å². The van der Waals surface area contributed by atoms with Crippen molar-refractivity contribution in [3.8, 4) is 0 Å². The van der Waals surface area contributed by atoms with Gasteiger partial charge in [0.05, 0.1) is 5.69 Å². The van der Waals surface area contributed by atoms with Gasteiger partial charge in [-0.05, 0) is 49.1 Å². The van der Waals surface area contributed by atoms with E-state index >= 15 is 0 Å². The Kier molecular flexibility index (Phi) is 7.61. The third-order valence-corrected chi connectivity index (χ3v) is 8.73. The van der Waals surface area contributed by atoms with Gasteiger partial charge in [0.1, 0.15) is 0 Å². The van der Waals surface area contributed by atoms with Crippen LogP contribution in [0.25, 0.3) is 0 Å². The van der Waals surface area contributed by atoms with Crippen LogP contribution in [0.5, 0.6) is 0 Å². The van der Waals surface area contributed by atoms with E-state index in [0.29, 0.717) is 6.42 Å². The van der Waals surface area contributed by atoms with Gasteiger partial charge in [0.25, 0.3) is 0 Å². The molecule has 1 saturated carbocycles. The Bertz CT molecular complexity index is 991. The molecule has 1 amide bonds. The molecule has 34 heavy (non-hydrogen) atoms. The van der Waals surface area contributed by atoms with E-state index in [1.807, 2.05) is 35.4 Å². The van der Waals surface area contributed by atoms with Crippen molar-refractivity contribution in [3.63, 3.8) is 0 Å². The highest BCUT2D eigenvalue weighted by Crippen LogP contribution is 2.28. The van der Waals surface area contributed by atoms with Crippen molar-refractivity contribution in [1.29, 1.82) is 0 Å². The number of aromatic nitrogens is 2. The summed E-state index contributed by atoms with van der Waals surface area (Å²) in [7, 11) is 0. The van der Waals surface area contributed by atoms with E-state index in [9.17, 15) is 4.79 Å². The molecular formula is C26H34ClN5OS. The molecule has 1 atom stereocenters. The summed E-state index contributed by atoms with van der Waals surface area (Å²) in [6.07, 6.45) is 8.28. The number of fused-ring (bicyclic) bond motifs is 1. The summed E-state index contributed by atoms with van der Waals surface area (Å²) in [5, 5.41) is 0.948. The second-order valence-corrected chi connectivity index (χ2v) is 11.7. The number of carbonyl (C=O) groups excluding carboxylic acids is 1. The number of anilines is 1. The third-order valence-electron chi connectivity index (χ3n) is 7.36. The van der Waals surface area contributed by atoms with E-state index in [0.717, 1.165) is 79.7 Å². The average Bonchev–Trinajstić information content (AvgIpc) is 3.02. The zero-order valence-corrected chi connectivity index (χ0v) is 21.5. The molecule has 2 aliphatic heterocycles. The molecule has 182 valence electrons. The second kappa shape index (κ2) is 10.8. The third kappa shape index (κ3) is 5.69. The summed E-state index contributed by atoms with van der Waals surface area (Å²) in [5.74, 6) is 1.09. The number of hydrogen-bond donors (Lipinski definition) is 0. The van der Waals surface area contributed by atoms with E-state index in [4.69, 9.17) is 21.6 Å². The standard InChI is InChI=1S/C26H34ClN5OS/c1-19(34-23-7-5-21(27)6-8-23)17-25(33)31-11-9-20-18-28-26(29-24(20)10-12-31)32-15-13-30(14-16-32)22-3-2-4-22/h5-8,18-19,22H,2-4,9-17H2,1H3. The largest absolute Gasteiger partial charge is 0.342 e. The Morgan fingerprint density at radius 2 is 1.82 bits per heavy atom. The Hall–Kier alpha value is -1.83. The van der Waals surface area contributed by atoms with Gasteiger partial charge in [0.2, 0.25) is 11.9 Å². The molecule has 3 heterocycles. The van der Waals surface area contributed by atoms with Crippen molar-refractivity contribution in [2.24, 2.45) is 0 Å². The summed E-state index contributed by atoms with van der Waals surface area (Å²) in [6, 6.07) is 8.63. The summed E-state index contributed by atoms with van der Waals surface area (Å²) in [6.45, 7) is 7.82. The first-order valence-electron chi connectivity index (χ1n) is 12.6. The highest BCUT2D eigenvalue weighted by atomic mass is 35.5. The first-order valence-corrected chi connectivity index (χ1v) is 13.8. The first-order chi connectivity index (χ1) is 16.5. The predicted molar refractivity (Wildman–Crippen MR) is 139 cm³/mol. The van der Waals surface area contributed by atoms with Crippen LogP contribution in [0.2, 0.25) is 5.02 Å². The fourth-order valence-corrected chi connectivity index (χ4v) is 6.18. The Labute approximate surface area is 212 Å². The number of benzene rings is 1. The monoisotopic (exact) mass is 499 g/mol. The lowest BCUT2D eigenvalue weighted by atomic mass is 9.91. The summed E-state index contributed by atoms with van der Waals surface area (Å²) >= 11 is 7.71. The zero-order chi connectivity index (χ0) is 23.5. The van der Waals surface area contributed by atoms with Crippen LogP contribution in [0.1, 0.15) is 43.9 Å². The number of piperazine rings is 1. The van der Waals surface area contributed by atoms with Crippen molar-refractivity contribution in [1.82, 2.24) is 19.8 Å². The van der Waals surface area contributed by atoms with Crippen molar-refractivity contribution in [2.75, 3.05) is 44.2 Å². The highest BCUT2D eigenvalue weighted by Gasteiger charge is 2.29. The maximum atomic E-state index is 13.0. The molecule has 0 bridgehead atoms. The Balaban J connectivity index is 1.14. The quantitative estimate of drug-likeness (QED) is 0.552. The minimum Gasteiger partial charge on any atom is -0.342 e. The summed E-state index contributed by atoms with van der Waals surface area (Å²) < 4.78 is 0. The minimum absolute atomic E-state index is 0.212. The first kappa shape index (κ1) is 23.9. The maximum Gasteiger partial charge on any atom is 0.225 e. The molecule has 5 rings (SSSR count). The molecule has 8 heteroatoms. The molecule has 1 saturated heterocycles. The number of rotatable bonds is 6. The fourth-order valence-electron chi connectivity index (χ4n) is 5.07. The van der Waals surface area contributed by atoms with E-state index in [1.165, 1.54) is 24.8 Å². The van der Waals surface area contributed by atoms with Crippen molar-refractivity contribution in [3.05, 3.63) is 46.7 Å². The number of carbonyl (C=O) groups is 1. The molecule has 1 aromatic heterocycles. The van der Waals surface area contributed by atoms with Crippen LogP contribution in [-0.2, 0) is 17.6 Å². The van der Waals surface area contributed by atoms with Crippen LogP contribution >= 0.6 is 23.4 Å². The Morgan fingerprint density at radius 3 is 2.53 bits per heavy atom. The molecule has 0 radical (unpaired) electrons. The molecule has 1 aliphatic carbocycles. The SMILES string of the molecule is CC(CC(=O)N1CCc2cnc(N3CCN(C4CCC4)CC3)nc2CC1)Sc1ccc(Cl)cc1. The van der Waals surface area contributed by atoms with E-state index < -0.39 is 0 Å². The molecule has 6 nitrogen and oxygen atoms in total. The molecule has 0 spiro atoms. The van der Waals surface area contributed by atoms with Gasteiger partial charge in [-0.25, -0.2) is 9.97 Å². The van der Waals surface area contributed by atoms with Gasteiger partial charge in [-0.3, -0.25) is 9.69 Å². The highest BCUT2D eigenvalue weighted by molar-refractivity contribution is 8.00. The van der Waals surface area contributed by atoms with Crippen molar-refractivity contribution < 1.29 is 4.79 Å². The van der Waals surface area contributed by atoms with Gasteiger partial charge in [-0.15, -0.1) is 11.8 Å². The molecule has 2 aromatic rings. The van der Waals surface area contributed by atoms with Gasteiger partial charge in [-0.2, -0.15) is 0 Å². The molecule has 2 fully saturated rings. The molecule has 0 N–H and O–H groups in total. The van der Waals surface area contributed by atoms with Crippen LogP contribution in [0, 0.1) is 0 Å². The van der Waals surface area contributed by atoms with Gasteiger partial charge in [-0.1, -0.05) is 24.9 Å². The number of thioether (sulfide) groups is 1. The molecule has 1 unspecified atom stereocenters. The van der Waals surface area contributed by atoms with Gasteiger partial charge in [0, 0.05) is 79.5 Å². The van der Waals surface area contributed by atoms with Gasteiger partial charge in [0.15, 0.2) is 0 Å². The predicted octanol–water partition coefficient (Wildman–Crippen LogP) is 4.30. The van der Waals surface area contributed by atoms with Crippen molar-refractivity contribution >= 4 is 35.2 Å². The molecular weight excluding hydrogens is 466 g/mol.